The molecule has 2 N–H and O–H groups in total. The molecule has 0 bridgehead atoms. The number of carbonyl (C=O) groups is 1. The summed E-state index contributed by atoms with van der Waals surface area (Å²) in [4.78, 5) is 15.3. The lowest BCUT2D eigenvalue weighted by Gasteiger charge is -2.21. The number of aromatic amines is 1. The number of rotatable bonds is 12. The number of H-pyrrole nitrogens is 1. The van der Waals surface area contributed by atoms with Gasteiger partial charge in [-0.15, -0.1) is 0 Å². The van der Waals surface area contributed by atoms with Gasteiger partial charge in [0.1, 0.15) is 30.4 Å². The molecule has 0 atom stereocenters. The highest BCUT2D eigenvalue weighted by atomic mass is 16.5. The molecule has 7 nitrogen and oxygen atoms in total. The van der Waals surface area contributed by atoms with Crippen LogP contribution in [-0.2, 0) is 13.2 Å². The topological polar surface area (TPSA) is 79.5 Å². The van der Waals surface area contributed by atoms with Gasteiger partial charge in [0.25, 0.3) is 5.91 Å². The lowest BCUT2D eigenvalue weighted by atomic mass is 10.1. The molecular weight excluding hydrogens is 512 g/mol. The summed E-state index contributed by atoms with van der Waals surface area (Å²) in [6.45, 7) is 6.93. The van der Waals surface area contributed by atoms with Crippen molar-refractivity contribution < 1.29 is 14.3 Å². The zero-order chi connectivity index (χ0) is 28.4. The van der Waals surface area contributed by atoms with Crippen LogP contribution in [0.5, 0.6) is 11.5 Å². The first kappa shape index (κ1) is 27.5. The molecule has 1 amide bonds. The van der Waals surface area contributed by atoms with Crippen LogP contribution in [0.2, 0.25) is 0 Å². The van der Waals surface area contributed by atoms with E-state index in [0.717, 1.165) is 35.5 Å². The third-order valence-electron chi connectivity index (χ3n) is 6.79. The maximum atomic E-state index is 13.0. The summed E-state index contributed by atoms with van der Waals surface area (Å²) < 4.78 is 12.3. The van der Waals surface area contributed by atoms with Gasteiger partial charge in [0.15, 0.2) is 0 Å². The van der Waals surface area contributed by atoms with Gasteiger partial charge in [-0.05, 0) is 67.4 Å². The summed E-state index contributed by atoms with van der Waals surface area (Å²) in [5, 5.41) is 10.3. The number of hydrogen-bond donors (Lipinski definition) is 2. The van der Waals surface area contributed by atoms with Crippen molar-refractivity contribution in [3.05, 3.63) is 126 Å². The van der Waals surface area contributed by atoms with Crippen molar-refractivity contribution in [1.29, 1.82) is 0 Å². The molecular formula is C34H34N4O3. The minimum Gasteiger partial charge on any atom is -0.489 e. The zero-order valence-electron chi connectivity index (χ0n) is 23.3. The molecule has 0 fully saturated rings. The number of benzene rings is 4. The highest BCUT2D eigenvalue weighted by Crippen LogP contribution is 2.34. The summed E-state index contributed by atoms with van der Waals surface area (Å²) in [6, 6.07) is 35.2. The number of nitrogens with zero attached hydrogens (tertiary/aromatic N) is 2. The molecule has 41 heavy (non-hydrogen) atoms. The van der Waals surface area contributed by atoms with Crippen LogP contribution in [0.1, 0.15) is 35.5 Å². The first-order valence-corrected chi connectivity index (χ1v) is 13.8. The van der Waals surface area contributed by atoms with Gasteiger partial charge in [-0.1, -0.05) is 60.7 Å². The molecule has 0 aliphatic carbocycles. The van der Waals surface area contributed by atoms with E-state index < -0.39 is 0 Å². The van der Waals surface area contributed by atoms with E-state index in [4.69, 9.17) is 9.47 Å². The smallest absolute Gasteiger partial charge is 0.273 e. The summed E-state index contributed by atoms with van der Waals surface area (Å²) in [6.07, 6.45) is 0. The Morgan fingerprint density at radius 1 is 0.780 bits per heavy atom. The fraction of sp³-hybridized carbons (Fsp3) is 0.176. The van der Waals surface area contributed by atoms with E-state index in [0.29, 0.717) is 41.8 Å². The number of amides is 1. The Bertz CT molecular complexity index is 1550. The highest BCUT2D eigenvalue weighted by Gasteiger charge is 2.16. The van der Waals surface area contributed by atoms with Crippen LogP contribution in [0.25, 0.3) is 11.3 Å². The number of hydrogen-bond acceptors (Lipinski definition) is 5. The van der Waals surface area contributed by atoms with Crippen LogP contribution in [0.15, 0.2) is 109 Å². The molecule has 0 aliphatic rings. The third-order valence-corrected chi connectivity index (χ3v) is 6.79. The van der Waals surface area contributed by atoms with Crippen LogP contribution in [0.4, 0.5) is 11.4 Å². The maximum absolute atomic E-state index is 13.0. The van der Waals surface area contributed by atoms with Gasteiger partial charge in [0.05, 0.1) is 5.69 Å². The van der Waals surface area contributed by atoms with E-state index in [2.05, 4.69) is 34.3 Å². The van der Waals surface area contributed by atoms with Gasteiger partial charge in [-0.25, -0.2) is 0 Å². The lowest BCUT2D eigenvalue weighted by Crippen LogP contribution is -2.21. The van der Waals surface area contributed by atoms with Crippen LogP contribution in [0.3, 0.4) is 0 Å². The van der Waals surface area contributed by atoms with Gasteiger partial charge in [-0.2, -0.15) is 5.10 Å². The Morgan fingerprint density at radius 2 is 1.41 bits per heavy atom. The Labute approximate surface area is 240 Å². The van der Waals surface area contributed by atoms with Gasteiger partial charge >= 0.3 is 0 Å². The Kier molecular flexibility index (Phi) is 8.96. The molecule has 1 aromatic heterocycles. The van der Waals surface area contributed by atoms with Gasteiger partial charge in [0.2, 0.25) is 0 Å². The zero-order valence-corrected chi connectivity index (χ0v) is 23.3. The number of anilines is 2. The van der Waals surface area contributed by atoms with Crippen molar-refractivity contribution in [2.45, 2.75) is 27.1 Å². The molecule has 208 valence electrons. The van der Waals surface area contributed by atoms with Gasteiger partial charge in [-0.3, -0.25) is 9.89 Å². The van der Waals surface area contributed by atoms with E-state index >= 15 is 0 Å². The third kappa shape index (κ3) is 7.13. The second-order valence-corrected chi connectivity index (χ2v) is 9.55. The second kappa shape index (κ2) is 13.3. The van der Waals surface area contributed by atoms with E-state index in [9.17, 15) is 4.79 Å². The predicted octanol–water partition coefficient (Wildman–Crippen LogP) is 7.33. The summed E-state index contributed by atoms with van der Waals surface area (Å²) >= 11 is 0. The second-order valence-electron chi connectivity index (χ2n) is 9.55. The summed E-state index contributed by atoms with van der Waals surface area (Å²) in [5.41, 5.74) is 5.67. The van der Waals surface area contributed by atoms with Crippen LogP contribution in [0, 0.1) is 0 Å². The van der Waals surface area contributed by atoms with Crippen molar-refractivity contribution >= 4 is 17.3 Å². The molecule has 0 spiro atoms. The van der Waals surface area contributed by atoms with E-state index in [1.54, 1.807) is 6.07 Å². The molecule has 0 radical (unpaired) electrons. The molecule has 5 aromatic rings. The van der Waals surface area contributed by atoms with Gasteiger partial charge < -0.3 is 19.7 Å². The summed E-state index contributed by atoms with van der Waals surface area (Å²) in [7, 11) is 0. The Morgan fingerprint density at radius 3 is 2.05 bits per heavy atom. The van der Waals surface area contributed by atoms with Crippen LogP contribution < -0.4 is 19.7 Å². The van der Waals surface area contributed by atoms with Crippen LogP contribution in [-0.4, -0.2) is 29.2 Å². The van der Waals surface area contributed by atoms with E-state index in [1.807, 2.05) is 103 Å². The highest BCUT2D eigenvalue weighted by molar-refractivity contribution is 6.03. The molecule has 4 aromatic carbocycles. The fourth-order valence-corrected chi connectivity index (χ4v) is 4.52. The molecule has 1 heterocycles. The van der Waals surface area contributed by atoms with Crippen molar-refractivity contribution in [2.24, 2.45) is 0 Å². The van der Waals surface area contributed by atoms with Crippen molar-refractivity contribution in [2.75, 3.05) is 23.3 Å². The van der Waals surface area contributed by atoms with Crippen molar-refractivity contribution in [3.8, 4) is 22.8 Å². The molecule has 0 saturated heterocycles. The molecule has 0 unspecified atom stereocenters. The molecule has 0 saturated carbocycles. The number of ether oxygens (including phenoxy) is 2. The maximum Gasteiger partial charge on any atom is 0.273 e. The molecule has 5 rings (SSSR count). The normalized spacial score (nSPS) is 10.7. The quantitative estimate of drug-likeness (QED) is 0.171. The number of aromatic nitrogens is 2. The molecule has 7 heteroatoms. The number of carbonyl (C=O) groups excluding carboxylic acids is 1. The largest absolute Gasteiger partial charge is 0.489 e. The van der Waals surface area contributed by atoms with E-state index in [1.165, 1.54) is 0 Å². The van der Waals surface area contributed by atoms with E-state index in [-0.39, 0.29) is 5.91 Å². The van der Waals surface area contributed by atoms with Gasteiger partial charge in [0, 0.05) is 36.1 Å². The van der Waals surface area contributed by atoms with Crippen molar-refractivity contribution in [3.63, 3.8) is 0 Å². The SMILES string of the molecule is CCN(CC)c1ccc(NC(=O)c2cc(-c3ccc(OCc4ccccc4)cc3OCc3ccccc3)n[nH]2)cc1. The fourth-order valence-electron chi connectivity index (χ4n) is 4.52. The average molecular weight is 547 g/mol. The Balaban J connectivity index is 1.33. The Hall–Kier alpha value is -5.04. The average Bonchev–Trinajstić information content (AvgIpc) is 3.52. The minimum atomic E-state index is -0.270. The lowest BCUT2D eigenvalue weighted by molar-refractivity contribution is 0.102. The number of nitrogens with one attached hydrogen (secondary N) is 2. The molecule has 0 aliphatic heterocycles. The minimum absolute atomic E-state index is 0.270. The first-order valence-electron chi connectivity index (χ1n) is 13.8. The predicted molar refractivity (Wildman–Crippen MR) is 164 cm³/mol. The standard InChI is InChI=1S/C34H34N4O3/c1-3-38(4-2)28-17-15-27(16-18-28)35-34(39)32-22-31(36-37-32)30-20-19-29(40-23-25-11-7-5-8-12-25)21-33(30)41-24-26-13-9-6-10-14-26/h5-22H,3-4,23-24H2,1-2H3,(H,35,39)(H,36,37). The summed E-state index contributed by atoms with van der Waals surface area (Å²) in [5.74, 6) is 1.03. The van der Waals surface area contributed by atoms with Crippen LogP contribution >= 0.6 is 0 Å². The van der Waals surface area contributed by atoms with Crippen molar-refractivity contribution in [1.82, 2.24) is 10.2 Å². The monoisotopic (exact) mass is 546 g/mol. The first-order chi connectivity index (χ1) is 20.1.